The van der Waals surface area contributed by atoms with E-state index in [-0.39, 0.29) is 5.82 Å². The van der Waals surface area contributed by atoms with E-state index in [1.54, 1.807) is 12.1 Å². The fraction of sp³-hybridized carbons (Fsp3) is 0. The molecule has 2 aromatic heterocycles. The van der Waals surface area contributed by atoms with Gasteiger partial charge in [0.2, 0.25) is 0 Å². The summed E-state index contributed by atoms with van der Waals surface area (Å²) in [5.41, 5.74) is 2.82. The lowest BCUT2D eigenvalue weighted by Crippen LogP contribution is -1.82. The summed E-state index contributed by atoms with van der Waals surface area (Å²) in [6, 6.07) is 12.2. The van der Waals surface area contributed by atoms with Gasteiger partial charge in [0.25, 0.3) is 0 Å². The molecular formula is C13H9FN2S. The van der Waals surface area contributed by atoms with Crippen LogP contribution in [0.1, 0.15) is 0 Å². The molecule has 0 atom stereocenters. The molecule has 0 bridgehead atoms. The molecule has 0 aliphatic carbocycles. The number of rotatable bonds is 1. The van der Waals surface area contributed by atoms with Gasteiger partial charge in [0.1, 0.15) is 5.82 Å². The first-order valence-electron chi connectivity index (χ1n) is 5.21. The molecule has 84 valence electrons. The molecule has 0 aliphatic rings. The van der Waals surface area contributed by atoms with E-state index in [0.717, 1.165) is 16.8 Å². The van der Waals surface area contributed by atoms with Gasteiger partial charge in [0.05, 0.1) is 11.2 Å². The summed E-state index contributed by atoms with van der Waals surface area (Å²) in [5, 5.41) is 0. The normalized spacial score (nSPS) is 10.9. The predicted octanol–water partition coefficient (Wildman–Crippen LogP) is 3.80. The van der Waals surface area contributed by atoms with E-state index in [9.17, 15) is 4.39 Å². The highest BCUT2D eigenvalue weighted by molar-refractivity contribution is 7.71. The molecule has 3 aromatic rings. The summed E-state index contributed by atoms with van der Waals surface area (Å²) < 4.78 is 15.4. The zero-order valence-corrected chi connectivity index (χ0v) is 9.67. The van der Waals surface area contributed by atoms with Crippen molar-refractivity contribution in [2.24, 2.45) is 0 Å². The van der Waals surface area contributed by atoms with E-state index < -0.39 is 0 Å². The molecule has 0 aliphatic heterocycles. The molecule has 2 heterocycles. The van der Waals surface area contributed by atoms with Crippen LogP contribution in [-0.2, 0) is 0 Å². The Hall–Kier alpha value is -1.94. The smallest absolute Gasteiger partial charge is 0.182 e. The Morgan fingerprint density at radius 2 is 1.82 bits per heavy atom. The Kier molecular flexibility index (Phi) is 2.30. The SMILES string of the molecule is Fc1ccc(-c2[nH]c(=S)n3ccccc23)cc1. The number of hydrogen-bond acceptors (Lipinski definition) is 1. The number of aromatic nitrogens is 2. The first-order chi connectivity index (χ1) is 8.25. The molecule has 0 amide bonds. The second-order valence-electron chi connectivity index (χ2n) is 3.77. The zero-order chi connectivity index (χ0) is 11.8. The van der Waals surface area contributed by atoms with E-state index in [1.165, 1.54) is 12.1 Å². The summed E-state index contributed by atoms with van der Waals surface area (Å²) in [5.74, 6) is -0.240. The molecule has 0 saturated carbocycles. The van der Waals surface area contributed by atoms with Gasteiger partial charge in [0.15, 0.2) is 4.77 Å². The monoisotopic (exact) mass is 244 g/mol. The van der Waals surface area contributed by atoms with Crippen LogP contribution in [0.15, 0.2) is 48.7 Å². The average Bonchev–Trinajstić information content (AvgIpc) is 2.69. The first-order valence-corrected chi connectivity index (χ1v) is 5.62. The molecular weight excluding hydrogens is 235 g/mol. The number of nitrogens with one attached hydrogen (secondary N) is 1. The van der Waals surface area contributed by atoms with Crippen molar-refractivity contribution in [1.82, 2.24) is 9.38 Å². The third-order valence-electron chi connectivity index (χ3n) is 2.70. The largest absolute Gasteiger partial charge is 0.330 e. The molecule has 0 saturated heterocycles. The predicted molar refractivity (Wildman–Crippen MR) is 68.0 cm³/mol. The average molecular weight is 244 g/mol. The van der Waals surface area contributed by atoms with Crippen LogP contribution in [0.25, 0.3) is 16.8 Å². The summed E-state index contributed by atoms with van der Waals surface area (Å²) in [7, 11) is 0. The molecule has 0 radical (unpaired) electrons. The van der Waals surface area contributed by atoms with Gasteiger partial charge in [-0.3, -0.25) is 4.40 Å². The lowest BCUT2D eigenvalue weighted by Gasteiger charge is -1.99. The summed E-state index contributed by atoms with van der Waals surface area (Å²) in [6.07, 6.45) is 1.90. The van der Waals surface area contributed by atoms with Gasteiger partial charge >= 0.3 is 0 Å². The fourth-order valence-corrected chi connectivity index (χ4v) is 2.15. The Labute approximate surface area is 102 Å². The summed E-state index contributed by atoms with van der Waals surface area (Å²) >= 11 is 5.23. The van der Waals surface area contributed by atoms with Gasteiger partial charge in [-0.2, -0.15) is 0 Å². The standard InChI is InChI=1S/C13H9FN2S/c14-10-6-4-9(5-7-10)12-11-3-1-2-8-16(11)13(17)15-12/h1-8H,(H,15,17). The van der Waals surface area contributed by atoms with E-state index in [4.69, 9.17) is 12.2 Å². The van der Waals surface area contributed by atoms with Gasteiger partial charge in [-0.15, -0.1) is 0 Å². The Balaban J connectivity index is 2.31. The molecule has 1 aromatic carbocycles. The van der Waals surface area contributed by atoms with Crippen molar-refractivity contribution in [3.05, 3.63) is 59.2 Å². The molecule has 0 fully saturated rings. The zero-order valence-electron chi connectivity index (χ0n) is 8.85. The maximum Gasteiger partial charge on any atom is 0.182 e. The number of hydrogen-bond donors (Lipinski definition) is 1. The van der Waals surface area contributed by atoms with Crippen molar-refractivity contribution in [3.8, 4) is 11.3 Å². The highest BCUT2D eigenvalue weighted by Crippen LogP contribution is 2.23. The first kappa shape index (κ1) is 10.2. The maximum atomic E-state index is 12.9. The summed E-state index contributed by atoms with van der Waals surface area (Å²) in [4.78, 5) is 3.14. The molecule has 0 unspecified atom stereocenters. The Bertz CT molecular complexity index is 725. The van der Waals surface area contributed by atoms with E-state index in [0.29, 0.717) is 4.77 Å². The summed E-state index contributed by atoms with van der Waals surface area (Å²) in [6.45, 7) is 0. The van der Waals surface area contributed by atoms with Crippen molar-refractivity contribution >= 4 is 17.7 Å². The highest BCUT2D eigenvalue weighted by Gasteiger charge is 2.06. The third kappa shape index (κ3) is 1.66. The van der Waals surface area contributed by atoms with Crippen LogP contribution in [0.3, 0.4) is 0 Å². The van der Waals surface area contributed by atoms with Crippen molar-refractivity contribution in [1.29, 1.82) is 0 Å². The van der Waals surface area contributed by atoms with Crippen LogP contribution in [0, 0.1) is 10.6 Å². The number of pyridine rings is 1. The quantitative estimate of drug-likeness (QED) is 0.645. The molecule has 17 heavy (non-hydrogen) atoms. The van der Waals surface area contributed by atoms with Crippen molar-refractivity contribution in [2.45, 2.75) is 0 Å². The molecule has 1 N–H and O–H groups in total. The number of halogens is 1. The van der Waals surface area contributed by atoms with Gasteiger partial charge in [-0.1, -0.05) is 6.07 Å². The number of H-pyrrole nitrogens is 1. The van der Waals surface area contributed by atoms with Crippen LogP contribution in [0.4, 0.5) is 4.39 Å². The molecule has 2 nitrogen and oxygen atoms in total. The minimum Gasteiger partial charge on any atom is -0.330 e. The number of aromatic amines is 1. The van der Waals surface area contributed by atoms with E-state index in [2.05, 4.69) is 4.98 Å². The highest BCUT2D eigenvalue weighted by atomic mass is 32.1. The minimum absolute atomic E-state index is 0.240. The third-order valence-corrected chi connectivity index (χ3v) is 3.00. The lowest BCUT2D eigenvalue weighted by molar-refractivity contribution is 0.628. The minimum atomic E-state index is -0.240. The fourth-order valence-electron chi connectivity index (χ4n) is 1.89. The van der Waals surface area contributed by atoms with Gasteiger partial charge < -0.3 is 4.98 Å². The molecule has 0 spiro atoms. The van der Waals surface area contributed by atoms with Crippen molar-refractivity contribution < 1.29 is 4.39 Å². The van der Waals surface area contributed by atoms with Crippen LogP contribution in [0.5, 0.6) is 0 Å². The topological polar surface area (TPSA) is 20.2 Å². The van der Waals surface area contributed by atoms with Crippen LogP contribution in [0.2, 0.25) is 0 Å². The van der Waals surface area contributed by atoms with E-state index in [1.807, 2.05) is 28.8 Å². The van der Waals surface area contributed by atoms with Crippen LogP contribution >= 0.6 is 12.2 Å². The Morgan fingerprint density at radius 1 is 1.06 bits per heavy atom. The molecule has 3 rings (SSSR count). The number of nitrogens with zero attached hydrogens (tertiary/aromatic N) is 1. The van der Waals surface area contributed by atoms with Gasteiger partial charge in [-0.25, -0.2) is 4.39 Å². The van der Waals surface area contributed by atoms with Gasteiger partial charge in [-0.05, 0) is 48.6 Å². The van der Waals surface area contributed by atoms with Gasteiger partial charge in [0, 0.05) is 11.8 Å². The number of imidazole rings is 1. The molecule has 4 heteroatoms. The van der Waals surface area contributed by atoms with Crippen LogP contribution in [-0.4, -0.2) is 9.38 Å². The number of fused-ring (bicyclic) bond motifs is 1. The number of benzene rings is 1. The lowest BCUT2D eigenvalue weighted by atomic mass is 10.1. The van der Waals surface area contributed by atoms with Crippen molar-refractivity contribution in [3.63, 3.8) is 0 Å². The Morgan fingerprint density at radius 3 is 2.59 bits per heavy atom. The van der Waals surface area contributed by atoms with E-state index >= 15 is 0 Å². The maximum absolute atomic E-state index is 12.9. The second kappa shape index (κ2) is 3.82. The van der Waals surface area contributed by atoms with Crippen molar-refractivity contribution in [2.75, 3.05) is 0 Å². The van der Waals surface area contributed by atoms with Crippen LogP contribution < -0.4 is 0 Å². The second-order valence-corrected chi connectivity index (χ2v) is 4.15.